The van der Waals surface area contributed by atoms with Crippen LogP contribution in [0, 0.1) is 13.8 Å². The normalized spacial score (nSPS) is 14.7. The molecule has 136 valence electrons. The van der Waals surface area contributed by atoms with Crippen molar-refractivity contribution in [2.45, 2.75) is 33.1 Å². The fraction of sp³-hybridized carbons (Fsp3) is 0.238. The standard InChI is InChI=1S/C21H20N4O2/c1-11-12(2)23-18-9-13(5-7-17(18)22-11)19(26)24-14-6-8-16-15(10-14)21(3,4)20(27)25-16/h5-10H,1-4H3,(H,24,26)(H,25,27). The number of rotatable bonds is 2. The number of anilines is 2. The van der Waals surface area contributed by atoms with Gasteiger partial charge in [0.05, 0.1) is 27.8 Å². The van der Waals surface area contributed by atoms with E-state index in [-0.39, 0.29) is 11.8 Å². The molecule has 1 aromatic heterocycles. The largest absolute Gasteiger partial charge is 0.325 e. The molecule has 1 aliphatic heterocycles. The van der Waals surface area contributed by atoms with Crippen LogP contribution >= 0.6 is 0 Å². The first-order chi connectivity index (χ1) is 12.8. The van der Waals surface area contributed by atoms with Crippen molar-refractivity contribution in [1.82, 2.24) is 9.97 Å². The second-order valence-corrected chi connectivity index (χ2v) is 7.39. The highest BCUT2D eigenvalue weighted by atomic mass is 16.2. The fourth-order valence-corrected chi connectivity index (χ4v) is 3.22. The van der Waals surface area contributed by atoms with Crippen LogP contribution in [-0.4, -0.2) is 21.8 Å². The molecule has 6 nitrogen and oxygen atoms in total. The van der Waals surface area contributed by atoms with E-state index in [4.69, 9.17) is 0 Å². The zero-order valence-corrected chi connectivity index (χ0v) is 15.7. The molecule has 4 rings (SSSR count). The molecule has 2 heterocycles. The zero-order chi connectivity index (χ0) is 19.3. The van der Waals surface area contributed by atoms with E-state index in [1.165, 1.54) is 0 Å². The monoisotopic (exact) mass is 360 g/mol. The van der Waals surface area contributed by atoms with E-state index in [9.17, 15) is 9.59 Å². The number of amides is 2. The summed E-state index contributed by atoms with van der Waals surface area (Å²) in [6.45, 7) is 7.55. The highest BCUT2D eigenvalue weighted by molar-refractivity contribution is 6.08. The first-order valence-electron chi connectivity index (χ1n) is 8.78. The molecule has 0 saturated heterocycles. The summed E-state index contributed by atoms with van der Waals surface area (Å²) in [5.41, 5.74) is 5.37. The lowest BCUT2D eigenvalue weighted by Gasteiger charge is -2.16. The second kappa shape index (κ2) is 5.87. The molecule has 0 aliphatic carbocycles. The van der Waals surface area contributed by atoms with E-state index >= 15 is 0 Å². The van der Waals surface area contributed by atoms with Crippen LogP contribution in [0.2, 0.25) is 0 Å². The molecule has 2 amide bonds. The van der Waals surface area contributed by atoms with E-state index < -0.39 is 5.41 Å². The molecule has 2 N–H and O–H groups in total. The predicted octanol–water partition coefficient (Wildman–Crippen LogP) is 3.73. The van der Waals surface area contributed by atoms with E-state index in [0.29, 0.717) is 16.8 Å². The van der Waals surface area contributed by atoms with E-state index in [2.05, 4.69) is 20.6 Å². The van der Waals surface area contributed by atoms with Crippen LogP contribution in [0.25, 0.3) is 11.0 Å². The summed E-state index contributed by atoms with van der Waals surface area (Å²) in [6.07, 6.45) is 0. The number of benzene rings is 2. The number of hydrogen-bond acceptors (Lipinski definition) is 4. The Balaban J connectivity index is 1.63. The Morgan fingerprint density at radius 2 is 1.70 bits per heavy atom. The molecule has 0 fully saturated rings. The van der Waals surface area contributed by atoms with Gasteiger partial charge in [-0.3, -0.25) is 9.59 Å². The number of nitrogens with zero attached hydrogens (tertiary/aromatic N) is 2. The lowest BCUT2D eigenvalue weighted by Crippen LogP contribution is -2.26. The number of fused-ring (bicyclic) bond motifs is 2. The summed E-state index contributed by atoms with van der Waals surface area (Å²) < 4.78 is 0. The Hall–Kier alpha value is -3.28. The number of carbonyl (C=O) groups excluding carboxylic acids is 2. The molecule has 0 radical (unpaired) electrons. The Kier molecular flexibility index (Phi) is 3.73. The molecule has 1 aliphatic rings. The lowest BCUT2D eigenvalue weighted by atomic mass is 9.86. The highest BCUT2D eigenvalue weighted by Gasteiger charge is 2.38. The molecule has 3 aromatic rings. The van der Waals surface area contributed by atoms with Gasteiger partial charge in [-0.05, 0) is 69.7 Å². The Bertz CT molecular complexity index is 1120. The van der Waals surface area contributed by atoms with Crippen molar-refractivity contribution in [3.63, 3.8) is 0 Å². The van der Waals surface area contributed by atoms with E-state index in [0.717, 1.165) is 28.2 Å². The molecule has 27 heavy (non-hydrogen) atoms. The third-order valence-electron chi connectivity index (χ3n) is 5.10. The molecule has 0 bridgehead atoms. The Morgan fingerprint density at radius 3 is 2.44 bits per heavy atom. The van der Waals surface area contributed by atoms with Gasteiger partial charge in [0.2, 0.25) is 5.91 Å². The first kappa shape index (κ1) is 17.1. The molecular formula is C21H20N4O2. The van der Waals surface area contributed by atoms with Gasteiger partial charge in [-0.25, -0.2) is 9.97 Å². The zero-order valence-electron chi connectivity index (χ0n) is 15.7. The van der Waals surface area contributed by atoms with E-state index in [1.807, 2.05) is 39.8 Å². The van der Waals surface area contributed by atoms with Crippen LogP contribution in [0.5, 0.6) is 0 Å². The SMILES string of the molecule is Cc1nc2ccc(C(=O)Nc3ccc4c(c3)C(C)(C)C(=O)N4)cc2nc1C. The Labute approximate surface area is 157 Å². The number of aromatic nitrogens is 2. The molecule has 2 aromatic carbocycles. The molecule has 0 saturated carbocycles. The summed E-state index contributed by atoms with van der Waals surface area (Å²) in [6, 6.07) is 10.7. The molecule has 0 spiro atoms. The Morgan fingerprint density at radius 1 is 1.00 bits per heavy atom. The lowest BCUT2D eigenvalue weighted by molar-refractivity contribution is -0.119. The van der Waals surface area contributed by atoms with Crippen LogP contribution in [0.15, 0.2) is 36.4 Å². The predicted molar refractivity (Wildman–Crippen MR) is 105 cm³/mol. The van der Waals surface area contributed by atoms with Gasteiger partial charge in [-0.2, -0.15) is 0 Å². The molecule has 6 heteroatoms. The summed E-state index contributed by atoms with van der Waals surface area (Å²) in [5.74, 6) is -0.272. The number of carbonyl (C=O) groups is 2. The van der Waals surface area contributed by atoms with Crippen LogP contribution < -0.4 is 10.6 Å². The van der Waals surface area contributed by atoms with Gasteiger partial charge >= 0.3 is 0 Å². The van der Waals surface area contributed by atoms with Crippen LogP contribution in [0.1, 0.15) is 41.2 Å². The first-order valence-corrected chi connectivity index (χ1v) is 8.78. The van der Waals surface area contributed by atoms with E-state index in [1.54, 1.807) is 24.3 Å². The summed E-state index contributed by atoms with van der Waals surface area (Å²) in [4.78, 5) is 33.8. The van der Waals surface area contributed by atoms with Crippen molar-refractivity contribution >= 4 is 34.2 Å². The average molecular weight is 360 g/mol. The number of nitrogens with one attached hydrogen (secondary N) is 2. The number of hydrogen-bond donors (Lipinski definition) is 2. The summed E-state index contributed by atoms with van der Waals surface area (Å²) in [7, 11) is 0. The van der Waals surface area contributed by atoms with Gasteiger partial charge in [-0.1, -0.05) is 0 Å². The third-order valence-corrected chi connectivity index (χ3v) is 5.10. The van der Waals surface area contributed by atoms with Crippen LogP contribution in [0.4, 0.5) is 11.4 Å². The van der Waals surface area contributed by atoms with Crippen molar-refractivity contribution < 1.29 is 9.59 Å². The van der Waals surface area contributed by atoms with Crippen LogP contribution in [-0.2, 0) is 10.2 Å². The highest BCUT2D eigenvalue weighted by Crippen LogP contribution is 2.38. The maximum atomic E-state index is 12.7. The van der Waals surface area contributed by atoms with Gasteiger partial charge in [0.15, 0.2) is 0 Å². The maximum absolute atomic E-state index is 12.7. The quantitative estimate of drug-likeness (QED) is 0.729. The third kappa shape index (κ3) is 2.83. The van der Waals surface area contributed by atoms with Gasteiger partial charge < -0.3 is 10.6 Å². The van der Waals surface area contributed by atoms with Crippen molar-refractivity contribution in [3.8, 4) is 0 Å². The van der Waals surface area contributed by atoms with Gasteiger partial charge in [-0.15, -0.1) is 0 Å². The van der Waals surface area contributed by atoms with Gasteiger partial charge in [0, 0.05) is 16.9 Å². The minimum Gasteiger partial charge on any atom is -0.325 e. The summed E-state index contributed by atoms with van der Waals surface area (Å²) >= 11 is 0. The topological polar surface area (TPSA) is 84.0 Å². The van der Waals surface area contributed by atoms with Gasteiger partial charge in [0.25, 0.3) is 5.91 Å². The molecule has 0 unspecified atom stereocenters. The van der Waals surface area contributed by atoms with Crippen molar-refractivity contribution in [1.29, 1.82) is 0 Å². The van der Waals surface area contributed by atoms with Crippen LogP contribution in [0.3, 0.4) is 0 Å². The van der Waals surface area contributed by atoms with Gasteiger partial charge in [0.1, 0.15) is 0 Å². The maximum Gasteiger partial charge on any atom is 0.255 e. The number of aryl methyl sites for hydroxylation is 2. The van der Waals surface area contributed by atoms with Crippen molar-refractivity contribution in [2.75, 3.05) is 10.6 Å². The minimum atomic E-state index is -0.621. The fourth-order valence-electron chi connectivity index (χ4n) is 3.22. The molecular weight excluding hydrogens is 340 g/mol. The smallest absolute Gasteiger partial charge is 0.255 e. The minimum absolute atomic E-state index is 0.0419. The molecule has 0 atom stereocenters. The van der Waals surface area contributed by atoms with Crippen molar-refractivity contribution in [3.05, 3.63) is 58.9 Å². The average Bonchev–Trinajstić information content (AvgIpc) is 2.85. The van der Waals surface area contributed by atoms with Crippen molar-refractivity contribution in [2.24, 2.45) is 0 Å². The second-order valence-electron chi connectivity index (χ2n) is 7.39. The summed E-state index contributed by atoms with van der Waals surface area (Å²) in [5, 5.41) is 5.77.